The molecule has 2 aromatic rings. The summed E-state index contributed by atoms with van der Waals surface area (Å²) in [6.07, 6.45) is 0.765. The predicted molar refractivity (Wildman–Crippen MR) is 80.9 cm³/mol. The van der Waals surface area contributed by atoms with Crippen LogP contribution in [-0.4, -0.2) is 9.92 Å². The summed E-state index contributed by atoms with van der Waals surface area (Å²) in [5, 5.41) is 0. The maximum Gasteiger partial charge on any atom is 0.172 e. The lowest BCUT2D eigenvalue weighted by atomic mass is 10.1. The second-order valence-corrected chi connectivity index (χ2v) is 5.47. The van der Waals surface area contributed by atoms with Gasteiger partial charge in [0, 0.05) is 0 Å². The Morgan fingerprint density at radius 1 is 1.05 bits per heavy atom. The van der Waals surface area contributed by atoms with Crippen molar-refractivity contribution < 1.29 is 4.21 Å². The molecule has 2 aromatic carbocycles. The molecule has 0 unspecified atom stereocenters. The van der Waals surface area contributed by atoms with E-state index in [1.54, 1.807) is 0 Å². The van der Waals surface area contributed by atoms with E-state index in [1.807, 2.05) is 68.4 Å². The zero-order valence-corrected chi connectivity index (χ0v) is 12.0. The van der Waals surface area contributed by atoms with Crippen LogP contribution in [0.15, 0.2) is 63.9 Å². The first-order chi connectivity index (χ1) is 9.20. The number of benzene rings is 2. The van der Waals surface area contributed by atoms with Crippen LogP contribution in [0, 0.1) is 6.92 Å². The van der Waals surface area contributed by atoms with E-state index in [0.717, 1.165) is 28.2 Å². The van der Waals surface area contributed by atoms with Gasteiger partial charge >= 0.3 is 0 Å². The highest BCUT2D eigenvalue weighted by atomic mass is 32.2. The SMILES string of the molecule is CC/C(=N\[S@@](=O)c1ccc(C)cc1)c1ccccc1. The van der Waals surface area contributed by atoms with E-state index in [4.69, 9.17) is 0 Å². The van der Waals surface area contributed by atoms with Gasteiger partial charge in [0.25, 0.3) is 0 Å². The summed E-state index contributed by atoms with van der Waals surface area (Å²) in [5.74, 6) is 0. The molecular weight excluding hydrogens is 254 g/mol. The predicted octanol–water partition coefficient (Wildman–Crippen LogP) is 3.92. The molecule has 0 aliphatic rings. The van der Waals surface area contributed by atoms with E-state index in [2.05, 4.69) is 4.40 Å². The van der Waals surface area contributed by atoms with Crippen LogP contribution in [0.25, 0.3) is 0 Å². The molecule has 0 amide bonds. The van der Waals surface area contributed by atoms with Gasteiger partial charge in [-0.1, -0.05) is 55.0 Å². The van der Waals surface area contributed by atoms with Gasteiger partial charge in [0.2, 0.25) is 0 Å². The summed E-state index contributed by atoms with van der Waals surface area (Å²) in [6, 6.07) is 17.5. The van der Waals surface area contributed by atoms with E-state index in [-0.39, 0.29) is 0 Å². The minimum absolute atomic E-state index is 0.743. The molecule has 0 aliphatic carbocycles. The Hall–Kier alpha value is -1.74. The van der Waals surface area contributed by atoms with E-state index < -0.39 is 11.0 Å². The number of rotatable bonds is 4. The van der Waals surface area contributed by atoms with Gasteiger partial charge in [-0.25, -0.2) is 4.21 Å². The molecule has 2 nitrogen and oxygen atoms in total. The molecule has 0 radical (unpaired) electrons. The van der Waals surface area contributed by atoms with E-state index >= 15 is 0 Å². The smallest absolute Gasteiger partial charge is 0.172 e. The molecule has 0 saturated carbocycles. The Labute approximate surface area is 116 Å². The third-order valence-electron chi connectivity index (χ3n) is 2.86. The minimum atomic E-state index is -1.33. The van der Waals surface area contributed by atoms with Crippen molar-refractivity contribution in [3.8, 4) is 0 Å². The summed E-state index contributed by atoms with van der Waals surface area (Å²) < 4.78 is 16.6. The molecule has 19 heavy (non-hydrogen) atoms. The van der Waals surface area contributed by atoms with Gasteiger partial charge in [0.1, 0.15) is 0 Å². The van der Waals surface area contributed by atoms with Gasteiger partial charge in [-0.15, -0.1) is 0 Å². The number of hydrogen-bond donors (Lipinski definition) is 0. The van der Waals surface area contributed by atoms with E-state index in [0.29, 0.717) is 0 Å². The van der Waals surface area contributed by atoms with Crippen molar-refractivity contribution in [3.05, 3.63) is 65.7 Å². The molecule has 98 valence electrons. The van der Waals surface area contributed by atoms with Crippen LogP contribution >= 0.6 is 0 Å². The molecule has 3 heteroatoms. The largest absolute Gasteiger partial charge is 0.229 e. The zero-order valence-electron chi connectivity index (χ0n) is 11.2. The molecule has 0 saturated heterocycles. The Balaban J connectivity index is 2.28. The quantitative estimate of drug-likeness (QED) is 0.775. The first-order valence-electron chi connectivity index (χ1n) is 6.32. The van der Waals surface area contributed by atoms with Crippen LogP contribution in [-0.2, 0) is 11.0 Å². The lowest BCUT2D eigenvalue weighted by Crippen LogP contribution is -2.01. The van der Waals surface area contributed by atoms with Crippen LogP contribution in [0.5, 0.6) is 0 Å². The maximum atomic E-state index is 12.2. The van der Waals surface area contributed by atoms with Gasteiger partial charge in [0.15, 0.2) is 11.0 Å². The number of aryl methyl sites for hydroxylation is 1. The van der Waals surface area contributed by atoms with Crippen molar-refractivity contribution in [2.75, 3.05) is 0 Å². The van der Waals surface area contributed by atoms with Crippen molar-refractivity contribution >= 4 is 16.7 Å². The van der Waals surface area contributed by atoms with Gasteiger partial charge < -0.3 is 0 Å². The fraction of sp³-hybridized carbons (Fsp3) is 0.188. The second-order valence-electron chi connectivity index (χ2n) is 4.32. The Morgan fingerprint density at radius 2 is 1.68 bits per heavy atom. The highest BCUT2D eigenvalue weighted by Crippen LogP contribution is 2.12. The van der Waals surface area contributed by atoms with Crippen molar-refractivity contribution in [1.82, 2.24) is 0 Å². The molecule has 0 heterocycles. The normalized spacial score (nSPS) is 13.3. The van der Waals surface area contributed by atoms with Crippen LogP contribution in [0.2, 0.25) is 0 Å². The lowest BCUT2D eigenvalue weighted by Gasteiger charge is -2.04. The summed E-state index contributed by atoms with van der Waals surface area (Å²) >= 11 is 0. The molecule has 0 spiro atoms. The van der Waals surface area contributed by atoms with Gasteiger partial charge in [-0.3, -0.25) is 0 Å². The standard InChI is InChI=1S/C16H17NOS/c1-3-16(14-7-5-4-6-8-14)17-19(18)15-11-9-13(2)10-12-15/h4-12H,3H2,1-2H3/b17-16+/t19-/m0/s1. The number of nitrogens with zero attached hydrogens (tertiary/aromatic N) is 1. The van der Waals surface area contributed by atoms with Crippen molar-refractivity contribution in [2.45, 2.75) is 25.2 Å². The van der Waals surface area contributed by atoms with Crippen LogP contribution in [0.3, 0.4) is 0 Å². The monoisotopic (exact) mass is 271 g/mol. The highest BCUT2D eigenvalue weighted by Gasteiger charge is 2.05. The summed E-state index contributed by atoms with van der Waals surface area (Å²) in [6.45, 7) is 4.04. The second kappa shape index (κ2) is 6.43. The molecule has 0 N–H and O–H groups in total. The Bertz CT molecular complexity index is 588. The fourth-order valence-electron chi connectivity index (χ4n) is 1.76. The van der Waals surface area contributed by atoms with E-state index in [9.17, 15) is 4.21 Å². The average Bonchev–Trinajstić information content (AvgIpc) is 2.46. The molecule has 0 aromatic heterocycles. The maximum absolute atomic E-state index is 12.2. The zero-order chi connectivity index (χ0) is 13.7. The minimum Gasteiger partial charge on any atom is -0.229 e. The van der Waals surface area contributed by atoms with Crippen molar-refractivity contribution in [2.24, 2.45) is 4.40 Å². The molecule has 0 bridgehead atoms. The summed E-state index contributed by atoms with van der Waals surface area (Å²) in [7, 11) is -1.33. The van der Waals surface area contributed by atoms with Crippen LogP contribution in [0.4, 0.5) is 0 Å². The molecule has 0 aliphatic heterocycles. The first kappa shape index (κ1) is 13.7. The Kier molecular flexibility index (Phi) is 4.63. The summed E-state index contributed by atoms with van der Waals surface area (Å²) in [5.41, 5.74) is 3.06. The molecule has 2 rings (SSSR count). The molecule has 0 fully saturated rings. The Morgan fingerprint density at radius 3 is 2.26 bits per heavy atom. The van der Waals surface area contributed by atoms with E-state index in [1.165, 1.54) is 0 Å². The van der Waals surface area contributed by atoms with Crippen LogP contribution < -0.4 is 0 Å². The first-order valence-corrected chi connectivity index (χ1v) is 7.43. The van der Waals surface area contributed by atoms with Crippen molar-refractivity contribution in [3.63, 3.8) is 0 Å². The van der Waals surface area contributed by atoms with Gasteiger partial charge in [0.05, 0.1) is 10.6 Å². The third kappa shape index (κ3) is 3.61. The topological polar surface area (TPSA) is 29.4 Å². The highest BCUT2D eigenvalue weighted by molar-refractivity contribution is 7.83. The lowest BCUT2D eigenvalue weighted by molar-refractivity contribution is 0.684. The van der Waals surface area contributed by atoms with Gasteiger partial charge in [-0.2, -0.15) is 4.40 Å². The third-order valence-corrected chi connectivity index (χ3v) is 3.92. The number of hydrogen-bond acceptors (Lipinski definition) is 1. The summed E-state index contributed by atoms with van der Waals surface area (Å²) in [4.78, 5) is 0.743. The van der Waals surface area contributed by atoms with Crippen LogP contribution in [0.1, 0.15) is 24.5 Å². The molecular formula is C16H17NOS. The molecule has 1 atom stereocenters. The fourth-order valence-corrected chi connectivity index (χ4v) is 2.67. The van der Waals surface area contributed by atoms with Crippen molar-refractivity contribution in [1.29, 1.82) is 0 Å². The average molecular weight is 271 g/mol. The van der Waals surface area contributed by atoms with Gasteiger partial charge in [-0.05, 0) is 31.0 Å².